The van der Waals surface area contributed by atoms with Gasteiger partial charge in [-0.2, -0.15) is 0 Å². The summed E-state index contributed by atoms with van der Waals surface area (Å²) in [6.07, 6.45) is 1.03. The quantitative estimate of drug-likeness (QED) is 0.821. The Morgan fingerprint density at radius 2 is 1.67 bits per heavy atom. The fourth-order valence-electron chi connectivity index (χ4n) is 1.92. The molecule has 1 heterocycles. The first-order valence-corrected chi connectivity index (χ1v) is 8.34. The first kappa shape index (κ1) is 15.8. The average molecular weight is 308 g/mol. The Kier molecular flexibility index (Phi) is 5.17. The molecular formula is C15H20N2O3S. The third-order valence-electron chi connectivity index (χ3n) is 3.23. The summed E-state index contributed by atoms with van der Waals surface area (Å²) in [5.41, 5.74) is 2.49. The van der Waals surface area contributed by atoms with Crippen LogP contribution in [0.25, 0.3) is 0 Å². The van der Waals surface area contributed by atoms with Crippen LogP contribution in [0, 0.1) is 0 Å². The summed E-state index contributed by atoms with van der Waals surface area (Å²) in [4.78, 5) is 0. The van der Waals surface area contributed by atoms with Crippen LogP contribution >= 0.6 is 0 Å². The molecule has 21 heavy (non-hydrogen) atoms. The molecule has 0 aliphatic rings. The molecule has 2 rings (SSSR count). The van der Waals surface area contributed by atoms with Gasteiger partial charge in [-0.15, -0.1) is 0 Å². The van der Waals surface area contributed by atoms with Gasteiger partial charge in [-0.25, -0.2) is 13.1 Å². The number of nitrogens with one attached hydrogen (secondary N) is 2. The first-order chi connectivity index (χ1) is 10.0. The molecule has 0 amide bonds. The van der Waals surface area contributed by atoms with E-state index >= 15 is 0 Å². The van der Waals surface area contributed by atoms with Crippen LogP contribution < -0.4 is 10.0 Å². The maximum atomic E-state index is 11.5. The Morgan fingerprint density at radius 3 is 2.29 bits per heavy atom. The van der Waals surface area contributed by atoms with Gasteiger partial charge in [0.15, 0.2) is 0 Å². The Bertz CT molecular complexity index is 675. The number of rotatable bonds is 7. The van der Waals surface area contributed by atoms with Crippen LogP contribution in [0.2, 0.25) is 0 Å². The van der Waals surface area contributed by atoms with E-state index in [1.54, 1.807) is 6.07 Å². The van der Waals surface area contributed by atoms with Gasteiger partial charge in [-0.05, 0) is 36.7 Å². The standard InChI is InChI=1S/C15H20N2O3S/c1-3-12-4-6-13(7-5-12)10-17-11-14-8-9-15(20-14)21(18,19)16-2/h4-9,16-17H,3,10-11H2,1-2H3. The van der Waals surface area contributed by atoms with Crippen molar-refractivity contribution in [3.05, 3.63) is 53.3 Å². The molecule has 2 N–H and O–H groups in total. The summed E-state index contributed by atoms with van der Waals surface area (Å²) < 4.78 is 30.6. The van der Waals surface area contributed by atoms with Gasteiger partial charge >= 0.3 is 0 Å². The second-order valence-corrected chi connectivity index (χ2v) is 6.52. The molecule has 0 saturated heterocycles. The molecule has 0 atom stereocenters. The first-order valence-electron chi connectivity index (χ1n) is 6.86. The number of hydrogen-bond donors (Lipinski definition) is 2. The highest BCUT2D eigenvalue weighted by atomic mass is 32.2. The van der Waals surface area contributed by atoms with E-state index in [1.807, 2.05) is 0 Å². The minimum atomic E-state index is -3.51. The van der Waals surface area contributed by atoms with Crippen LogP contribution in [0.4, 0.5) is 0 Å². The summed E-state index contributed by atoms with van der Waals surface area (Å²) in [6.45, 7) is 3.31. The number of aryl methyl sites for hydroxylation is 1. The van der Waals surface area contributed by atoms with Crippen LogP contribution in [-0.4, -0.2) is 15.5 Å². The van der Waals surface area contributed by atoms with Gasteiger partial charge in [0.2, 0.25) is 5.09 Å². The van der Waals surface area contributed by atoms with E-state index < -0.39 is 10.0 Å². The molecule has 1 aromatic carbocycles. The maximum Gasteiger partial charge on any atom is 0.273 e. The number of benzene rings is 1. The van der Waals surface area contributed by atoms with Gasteiger partial charge in [-0.1, -0.05) is 31.2 Å². The molecule has 114 valence electrons. The Balaban J connectivity index is 1.89. The molecule has 0 bridgehead atoms. The summed E-state index contributed by atoms with van der Waals surface area (Å²) in [5.74, 6) is 0.592. The highest BCUT2D eigenvalue weighted by Crippen LogP contribution is 2.13. The topological polar surface area (TPSA) is 71.3 Å². The molecular weight excluding hydrogens is 288 g/mol. The van der Waals surface area contributed by atoms with Crippen LogP contribution in [0.5, 0.6) is 0 Å². The van der Waals surface area contributed by atoms with Crippen LogP contribution in [-0.2, 0) is 29.5 Å². The molecule has 0 radical (unpaired) electrons. The second-order valence-electron chi connectivity index (χ2n) is 4.70. The number of furan rings is 1. The van der Waals surface area contributed by atoms with Gasteiger partial charge in [0.25, 0.3) is 10.0 Å². The van der Waals surface area contributed by atoms with E-state index in [9.17, 15) is 8.42 Å². The van der Waals surface area contributed by atoms with Gasteiger partial charge in [0.05, 0.1) is 6.54 Å². The zero-order valence-corrected chi connectivity index (χ0v) is 13.0. The third-order valence-corrected chi connectivity index (χ3v) is 4.52. The molecule has 0 aliphatic heterocycles. The van der Waals surface area contributed by atoms with Crippen LogP contribution in [0.3, 0.4) is 0 Å². The SMILES string of the molecule is CCc1ccc(CNCc2ccc(S(=O)(=O)NC)o2)cc1. The van der Waals surface area contributed by atoms with E-state index in [4.69, 9.17) is 4.42 Å². The zero-order chi connectivity index (χ0) is 15.3. The van der Waals surface area contributed by atoms with Crippen molar-refractivity contribution in [2.45, 2.75) is 31.5 Å². The normalized spacial score (nSPS) is 11.7. The molecule has 6 heteroatoms. The van der Waals surface area contributed by atoms with Crippen LogP contribution in [0.1, 0.15) is 23.8 Å². The van der Waals surface area contributed by atoms with E-state index in [0.29, 0.717) is 18.8 Å². The Morgan fingerprint density at radius 1 is 1.00 bits per heavy atom. The summed E-state index contributed by atoms with van der Waals surface area (Å²) in [7, 11) is -2.15. The van der Waals surface area contributed by atoms with Gasteiger partial charge < -0.3 is 9.73 Å². The Labute approximate surface area is 125 Å². The lowest BCUT2D eigenvalue weighted by molar-refractivity contribution is 0.400. The monoisotopic (exact) mass is 308 g/mol. The predicted molar refractivity (Wildman–Crippen MR) is 81.3 cm³/mol. The molecule has 2 aromatic rings. The molecule has 0 saturated carbocycles. The van der Waals surface area contributed by atoms with Crippen molar-refractivity contribution in [1.82, 2.24) is 10.0 Å². The van der Waals surface area contributed by atoms with Crippen molar-refractivity contribution >= 4 is 10.0 Å². The fourth-order valence-corrected chi connectivity index (χ4v) is 2.59. The minimum absolute atomic E-state index is 0.0610. The maximum absolute atomic E-state index is 11.5. The van der Waals surface area contributed by atoms with Gasteiger partial charge in [-0.3, -0.25) is 0 Å². The average Bonchev–Trinajstić information content (AvgIpc) is 2.98. The largest absolute Gasteiger partial charge is 0.447 e. The van der Waals surface area contributed by atoms with Crippen molar-refractivity contribution in [3.8, 4) is 0 Å². The molecule has 0 aliphatic carbocycles. The van der Waals surface area contributed by atoms with Gasteiger partial charge in [0.1, 0.15) is 5.76 Å². The van der Waals surface area contributed by atoms with Crippen molar-refractivity contribution in [1.29, 1.82) is 0 Å². The van der Waals surface area contributed by atoms with E-state index in [0.717, 1.165) is 6.42 Å². The molecule has 0 spiro atoms. The highest BCUT2D eigenvalue weighted by Gasteiger charge is 2.15. The predicted octanol–water partition coefficient (Wildman–Crippen LogP) is 2.04. The minimum Gasteiger partial charge on any atom is -0.447 e. The number of sulfonamides is 1. The zero-order valence-electron chi connectivity index (χ0n) is 12.2. The summed E-state index contributed by atoms with van der Waals surface area (Å²) >= 11 is 0. The highest BCUT2D eigenvalue weighted by molar-refractivity contribution is 7.89. The van der Waals surface area contributed by atoms with Crippen molar-refractivity contribution < 1.29 is 12.8 Å². The van der Waals surface area contributed by atoms with E-state index in [1.165, 1.54) is 24.2 Å². The van der Waals surface area contributed by atoms with E-state index in [2.05, 4.69) is 41.2 Å². The lowest BCUT2D eigenvalue weighted by Crippen LogP contribution is -2.17. The van der Waals surface area contributed by atoms with Crippen LogP contribution in [0.15, 0.2) is 45.9 Å². The third kappa shape index (κ3) is 4.17. The molecule has 0 unspecified atom stereocenters. The molecule has 0 fully saturated rings. The van der Waals surface area contributed by atoms with E-state index in [-0.39, 0.29) is 5.09 Å². The lowest BCUT2D eigenvalue weighted by Gasteiger charge is -2.04. The second kappa shape index (κ2) is 6.89. The lowest BCUT2D eigenvalue weighted by atomic mass is 10.1. The van der Waals surface area contributed by atoms with Crippen molar-refractivity contribution in [3.63, 3.8) is 0 Å². The summed E-state index contributed by atoms with van der Waals surface area (Å²) in [5, 5.41) is 3.17. The smallest absolute Gasteiger partial charge is 0.273 e. The fraction of sp³-hybridized carbons (Fsp3) is 0.333. The van der Waals surface area contributed by atoms with Crippen molar-refractivity contribution in [2.24, 2.45) is 0 Å². The summed E-state index contributed by atoms with van der Waals surface area (Å²) in [6, 6.07) is 11.5. The van der Waals surface area contributed by atoms with Gasteiger partial charge in [0, 0.05) is 6.54 Å². The molecule has 1 aromatic heterocycles. The Hall–Kier alpha value is -1.63. The van der Waals surface area contributed by atoms with Crippen molar-refractivity contribution in [2.75, 3.05) is 7.05 Å². The number of hydrogen-bond acceptors (Lipinski definition) is 4. The molecule has 5 nitrogen and oxygen atoms in total.